The van der Waals surface area contributed by atoms with Crippen molar-refractivity contribution in [2.24, 2.45) is 22.2 Å². The van der Waals surface area contributed by atoms with E-state index < -0.39 is 0 Å². The molecule has 0 aliphatic carbocycles. The van der Waals surface area contributed by atoms with Crippen LogP contribution in [0.3, 0.4) is 0 Å². The van der Waals surface area contributed by atoms with Gasteiger partial charge < -0.3 is 15.5 Å². The molecule has 1 aliphatic heterocycles. The van der Waals surface area contributed by atoms with E-state index in [1.54, 1.807) is 0 Å². The lowest BCUT2D eigenvalue weighted by molar-refractivity contribution is -0.128. The molecule has 1 heterocycles. The molecule has 2 atom stereocenters. The molecule has 0 aromatic heterocycles. The predicted molar refractivity (Wildman–Crippen MR) is 104 cm³/mol. The molecule has 0 saturated carbocycles. The first-order valence-electron chi connectivity index (χ1n) is 7.98. The summed E-state index contributed by atoms with van der Waals surface area (Å²) in [6.45, 7) is 13.8. The van der Waals surface area contributed by atoms with Crippen molar-refractivity contribution in [2.75, 3.05) is 33.2 Å². The Morgan fingerprint density at radius 3 is 2.09 bits per heavy atom. The van der Waals surface area contributed by atoms with Crippen LogP contribution in [0.1, 0.15) is 41.0 Å². The summed E-state index contributed by atoms with van der Waals surface area (Å²) in [5, 5.41) is 6.30. The number of likely N-dealkylation sites (tertiary alicyclic amines) is 1. The predicted octanol–water partition coefficient (Wildman–Crippen LogP) is 2.32. The zero-order valence-corrected chi connectivity index (χ0v) is 17.2. The highest BCUT2D eigenvalue weighted by Gasteiger charge is 2.24. The van der Waals surface area contributed by atoms with E-state index in [0.717, 1.165) is 19.0 Å². The molecular weight excluding hydrogens is 391 g/mol. The van der Waals surface area contributed by atoms with Crippen LogP contribution in [0.15, 0.2) is 4.99 Å². The number of nitrogens with one attached hydrogen (secondary N) is 2. The fraction of sp³-hybridized carbons (Fsp3) is 0.875. The fourth-order valence-corrected chi connectivity index (χ4v) is 2.78. The van der Waals surface area contributed by atoms with Gasteiger partial charge in [0.15, 0.2) is 5.96 Å². The summed E-state index contributed by atoms with van der Waals surface area (Å²) in [5.41, 5.74) is -0.334. The van der Waals surface area contributed by atoms with Crippen LogP contribution in [0.4, 0.5) is 0 Å². The van der Waals surface area contributed by atoms with Gasteiger partial charge in [-0.1, -0.05) is 34.6 Å². The number of guanidine groups is 1. The quantitative estimate of drug-likeness (QED) is 0.317. The van der Waals surface area contributed by atoms with Crippen LogP contribution in [0, 0.1) is 17.3 Å². The smallest absolute Gasteiger partial charge is 0.225 e. The molecule has 5 nitrogen and oxygen atoms in total. The number of halogens is 1. The first-order valence-corrected chi connectivity index (χ1v) is 7.98. The molecule has 1 fully saturated rings. The Bertz CT molecular complexity index is 369. The van der Waals surface area contributed by atoms with E-state index in [0.29, 0.717) is 24.9 Å². The van der Waals surface area contributed by atoms with Gasteiger partial charge in [0.05, 0.1) is 0 Å². The SMILES string of the molecule is CN=C(NCCNC(=O)C(C)(C)C)N1CC(C)CC(C)C1.I. The Morgan fingerprint density at radius 1 is 1.14 bits per heavy atom. The zero-order chi connectivity index (χ0) is 16.0. The number of amides is 1. The van der Waals surface area contributed by atoms with Gasteiger partial charge in [-0.25, -0.2) is 0 Å². The Kier molecular flexibility index (Phi) is 9.34. The van der Waals surface area contributed by atoms with Crippen LogP contribution in [0.2, 0.25) is 0 Å². The van der Waals surface area contributed by atoms with Crippen molar-refractivity contribution in [3.8, 4) is 0 Å². The summed E-state index contributed by atoms with van der Waals surface area (Å²) < 4.78 is 0. The molecule has 6 heteroatoms. The second-order valence-corrected chi connectivity index (χ2v) is 7.33. The van der Waals surface area contributed by atoms with Crippen molar-refractivity contribution in [3.05, 3.63) is 0 Å². The number of aliphatic imine (C=N–C) groups is 1. The number of hydrogen-bond acceptors (Lipinski definition) is 2. The molecule has 2 unspecified atom stereocenters. The van der Waals surface area contributed by atoms with E-state index in [1.165, 1.54) is 6.42 Å². The molecule has 1 saturated heterocycles. The maximum atomic E-state index is 11.8. The van der Waals surface area contributed by atoms with Gasteiger partial charge in [0.2, 0.25) is 5.91 Å². The average molecular weight is 424 g/mol. The molecule has 130 valence electrons. The summed E-state index contributed by atoms with van der Waals surface area (Å²) in [5.74, 6) is 2.43. The standard InChI is InChI=1S/C16H32N4O.HI/c1-12-9-13(2)11-20(10-12)15(17-6)19-8-7-18-14(21)16(3,4)5;/h12-13H,7-11H2,1-6H3,(H,17,19)(H,18,21);1H. The maximum Gasteiger partial charge on any atom is 0.225 e. The largest absolute Gasteiger partial charge is 0.354 e. The minimum absolute atomic E-state index is 0. The second kappa shape index (κ2) is 9.57. The van der Waals surface area contributed by atoms with Crippen LogP contribution in [0.5, 0.6) is 0 Å². The third kappa shape index (κ3) is 7.15. The Morgan fingerprint density at radius 2 is 1.64 bits per heavy atom. The summed E-state index contributed by atoms with van der Waals surface area (Å²) in [7, 11) is 1.82. The van der Waals surface area contributed by atoms with Crippen molar-refractivity contribution in [3.63, 3.8) is 0 Å². The summed E-state index contributed by atoms with van der Waals surface area (Å²) in [6.07, 6.45) is 1.29. The van der Waals surface area contributed by atoms with E-state index in [-0.39, 0.29) is 35.3 Å². The van der Waals surface area contributed by atoms with Gasteiger partial charge in [-0.05, 0) is 18.3 Å². The lowest BCUT2D eigenvalue weighted by Gasteiger charge is -2.37. The Balaban J connectivity index is 0.00000441. The average Bonchev–Trinajstić information content (AvgIpc) is 2.36. The molecule has 0 bridgehead atoms. The van der Waals surface area contributed by atoms with Crippen LogP contribution in [0.25, 0.3) is 0 Å². The fourth-order valence-electron chi connectivity index (χ4n) is 2.78. The highest BCUT2D eigenvalue weighted by Crippen LogP contribution is 2.20. The van der Waals surface area contributed by atoms with E-state index in [1.807, 2.05) is 27.8 Å². The van der Waals surface area contributed by atoms with Gasteiger partial charge in [0.25, 0.3) is 0 Å². The molecule has 22 heavy (non-hydrogen) atoms. The van der Waals surface area contributed by atoms with E-state index in [9.17, 15) is 4.79 Å². The number of piperidine rings is 1. The highest BCUT2D eigenvalue weighted by molar-refractivity contribution is 14.0. The third-order valence-electron chi connectivity index (χ3n) is 3.76. The summed E-state index contributed by atoms with van der Waals surface area (Å²) >= 11 is 0. The minimum Gasteiger partial charge on any atom is -0.354 e. The van der Waals surface area contributed by atoms with E-state index >= 15 is 0 Å². The number of rotatable bonds is 3. The summed E-state index contributed by atoms with van der Waals surface area (Å²) in [6, 6.07) is 0. The van der Waals surface area contributed by atoms with Gasteiger partial charge in [0, 0.05) is 38.6 Å². The molecule has 2 N–H and O–H groups in total. The van der Waals surface area contributed by atoms with Crippen LogP contribution >= 0.6 is 24.0 Å². The highest BCUT2D eigenvalue weighted by atomic mass is 127. The van der Waals surface area contributed by atoms with E-state index in [2.05, 4.69) is 34.4 Å². The lowest BCUT2D eigenvalue weighted by Crippen LogP contribution is -2.50. The second-order valence-electron chi connectivity index (χ2n) is 7.33. The molecule has 1 amide bonds. The minimum atomic E-state index is -0.334. The Labute approximate surface area is 152 Å². The van der Waals surface area contributed by atoms with Crippen molar-refractivity contribution in [2.45, 2.75) is 41.0 Å². The maximum absolute atomic E-state index is 11.8. The molecule has 0 aromatic rings. The molecular formula is C16H33IN4O. The molecule has 0 radical (unpaired) electrons. The van der Waals surface area contributed by atoms with Gasteiger partial charge in [-0.2, -0.15) is 0 Å². The van der Waals surface area contributed by atoms with Crippen LogP contribution < -0.4 is 10.6 Å². The van der Waals surface area contributed by atoms with Crippen LogP contribution in [-0.2, 0) is 4.79 Å². The lowest BCUT2D eigenvalue weighted by atomic mass is 9.92. The Hall–Kier alpha value is -0.530. The van der Waals surface area contributed by atoms with E-state index in [4.69, 9.17) is 0 Å². The monoisotopic (exact) mass is 424 g/mol. The zero-order valence-electron chi connectivity index (χ0n) is 14.9. The van der Waals surface area contributed by atoms with Gasteiger partial charge in [-0.15, -0.1) is 24.0 Å². The number of nitrogens with zero attached hydrogens (tertiary/aromatic N) is 2. The summed E-state index contributed by atoms with van der Waals surface area (Å²) in [4.78, 5) is 18.5. The number of hydrogen-bond donors (Lipinski definition) is 2. The van der Waals surface area contributed by atoms with Gasteiger partial charge >= 0.3 is 0 Å². The van der Waals surface area contributed by atoms with Gasteiger partial charge in [-0.3, -0.25) is 9.79 Å². The van der Waals surface area contributed by atoms with Gasteiger partial charge in [0.1, 0.15) is 0 Å². The first-order chi connectivity index (χ1) is 9.74. The third-order valence-corrected chi connectivity index (χ3v) is 3.76. The van der Waals surface area contributed by atoms with Crippen molar-refractivity contribution in [1.82, 2.24) is 15.5 Å². The van der Waals surface area contributed by atoms with Crippen LogP contribution in [-0.4, -0.2) is 50.0 Å². The number of carbonyl (C=O) groups excluding carboxylic acids is 1. The first kappa shape index (κ1) is 21.5. The number of carbonyl (C=O) groups is 1. The molecule has 1 rings (SSSR count). The van der Waals surface area contributed by atoms with Crippen molar-refractivity contribution in [1.29, 1.82) is 0 Å². The van der Waals surface area contributed by atoms with Crippen molar-refractivity contribution < 1.29 is 4.79 Å². The molecule has 1 aliphatic rings. The van der Waals surface area contributed by atoms with Crippen molar-refractivity contribution >= 4 is 35.8 Å². The molecule has 0 spiro atoms. The topological polar surface area (TPSA) is 56.7 Å². The molecule has 0 aromatic carbocycles. The normalized spacial score (nSPS) is 22.8.